The van der Waals surface area contributed by atoms with Crippen molar-refractivity contribution in [1.29, 1.82) is 0 Å². The number of fused-ring (bicyclic) bond motifs is 4. The second-order valence-corrected chi connectivity index (χ2v) is 7.05. The molecule has 2 heterocycles. The number of rotatable bonds is 2. The van der Waals surface area contributed by atoms with E-state index in [1.165, 1.54) is 11.6 Å². The van der Waals surface area contributed by atoms with Crippen molar-refractivity contribution in [2.45, 2.75) is 31.8 Å². The molecule has 3 aromatic rings. The van der Waals surface area contributed by atoms with E-state index in [0.717, 1.165) is 35.0 Å². The highest BCUT2D eigenvalue weighted by Gasteiger charge is 2.50. The van der Waals surface area contributed by atoms with Gasteiger partial charge in [0.25, 0.3) is 5.69 Å². The third-order valence-corrected chi connectivity index (χ3v) is 5.59. The summed E-state index contributed by atoms with van der Waals surface area (Å²) in [5.41, 5.74) is 4.77. The number of anilines is 1. The first-order valence-electron chi connectivity index (χ1n) is 8.61. The van der Waals surface area contributed by atoms with Crippen molar-refractivity contribution < 1.29 is 9.34 Å². The second kappa shape index (κ2) is 5.17. The minimum absolute atomic E-state index is 0.102. The van der Waals surface area contributed by atoms with Gasteiger partial charge < -0.3 is 9.32 Å². The number of hydrogen-bond acceptors (Lipinski definition) is 5. The molecule has 2 atom stereocenters. The summed E-state index contributed by atoms with van der Waals surface area (Å²) in [6, 6.07) is 13.2. The summed E-state index contributed by atoms with van der Waals surface area (Å²) in [7, 11) is 0. The maximum atomic E-state index is 11.8. The SMILES string of the molecule is Cc1cc(=O)oc2c3c(ccc12)C[C@@H]1[C@H](C3)N1c1ccc([N+](=O)[O-])cc1. The van der Waals surface area contributed by atoms with Gasteiger partial charge in [0.2, 0.25) is 0 Å². The predicted octanol–water partition coefficient (Wildman–Crippen LogP) is 3.37. The first kappa shape index (κ1) is 15.1. The molecule has 1 saturated heterocycles. The molecule has 6 heteroatoms. The predicted molar refractivity (Wildman–Crippen MR) is 97.8 cm³/mol. The molecule has 0 saturated carbocycles. The van der Waals surface area contributed by atoms with Crippen molar-refractivity contribution in [2.24, 2.45) is 0 Å². The van der Waals surface area contributed by atoms with Crippen LogP contribution in [0.1, 0.15) is 16.7 Å². The Labute approximate surface area is 148 Å². The molecule has 2 aromatic carbocycles. The Hall–Kier alpha value is -3.15. The molecule has 130 valence electrons. The summed E-state index contributed by atoms with van der Waals surface area (Å²) >= 11 is 0. The lowest BCUT2D eigenvalue weighted by Gasteiger charge is -2.14. The minimum atomic E-state index is -0.384. The second-order valence-electron chi connectivity index (χ2n) is 7.05. The highest BCUT2D eigenvalue weighted by Crippen LogP contribution is 2.45. The topological polar surface area (TPSA) is 76.4 Å². The molecule has 2 aliphatic rings. The molecule has 0 bridgehead atoms. The Bertz CT molecular complexity index is 1120. The van der Waals surface area contributed by atoms with E-state index in [9.17, 15) is 14.9 Å². The maximum Gasteiger partial charge on any atom is 0.336 e. The monoisotopic (exact) mass is 348 g/mol. The fraction of sp³-hybridized carbons (Fsp3) is 0.250. The molecular weight excluding hydrogens is 332 g/mol. The number of benzene rings is 2. The molecule has 1 aliphatic heterocycles. The lowest BCUT2D eigenvalue weighted by molar-refractivity contribution is -0.384. The van der Waals surface area contributed by atoms with E-state index >= 15 is 0 Å². The summed E-state index contributed by atoms with van der Waals surface area (Å²) in [5.74, 6) is 0. The van der Waals surface area contributed by atoms with Crippen LogP contribution >= 0.6 is 0 Å². The summed E-state index contributed by atoms with van der Waals surface area (Å²) in [6.45, 7) is 1.93. The van der Waals surface area contributed by atoms with E-state index in [4.69, 9.17) is 4.42 Å². The molecular formula is C20H16N2O4. The van der Waals surface area contributed by atoms with Crippen LogP contribution in [0.3, 0.4) is 0 Å². The van der Waals surface area contributed by atoms with Crippen molar-refractivity contribution in [3.8, 4) is 0 Å². The highest BCUT2D eigenvalue weighted by molar-refractivity contribution is 5.85. The zero-order valence-corrected chi connectivity index (χ0v) is 14.1. The Kier molecular flexibility index (Phi) is 3.01. The van der Waals surface area contributed by atoms with Crippen LogP contribution in [0.25, 0.3) is 11.0 Å². The van der Waals surface area contributed by atoms with Crippen LogP contribution in [0.4, 0.5) is 11.4 Å². The van der Waals surface area contributed by atoms with Gasteiger partial charge in [0.1, 0.15) is 5.58 Å². The van der Waals surface area contributed by atoms with Crippen LogP contribution in [0.2, 0.25) is 0 Å². The first-order valence-corrected chi connectivity index (χ1v) is 8.61. The number of nitro benzene ring substituents is 1. The van der Waals surface area contributed by atoms with E-state index in [0.29, 0.717) is 17.7 Å². The summed E-state index contributed by atoms with van der Waals surface area (Å²) < 4.78 is 5.54. The van der Waals surface area contributed by atoms with Crippen molar-refractivity contribution in [3.05, 3.63) is 79.7 Å². The molecule has 0 spiro atoms. The number of nitrogens with zero attached hydrogens (tertiary/aromatic N) is 2. The molecule has 1 aromatic heterocycles. The smallest absolute Gasteiger partial charge is 0.336 e. The van der Waals surface area contributed by atoms with Gasteiger partial charge >= 0.3 is 5.63 Å². The lowest BCUT2D eigenvalue weighted by Crippen LogP contribution is -2.13. The van der Waals surface area contributed by atoms with E-state index in [2.05, 4.69) is 11.0 Å². The quantitative estimate of drug-likeness (QED) is 0.307. The molecule has 0 N–H and O–H groups in total. The van der Waals surface area contributed by atoms with E-state index < -0.39 is 0 Å². The summed E-state index contributed by atoms with van der Waals surface area (Å²) in [5, 5.41) is 11.8. The average molecular weight is 348 g/mol. The molecule has 6 nitrogen and oxygen atoms in total. The zero-order chi connectivity index (χ0) is 18.0. The van der Waals surface area contributed by atoms with Crippen LogP contribution in [-0.4, -0.2) is 17.0 Å². The van der Waals surface area contributed by atoms with Crippen molar-refractivity contribution >= 4 is 22.3 Å². The normalized spacial score (nSPS) is 20.6. The van der Waals surface area contributed by atoms with Crippen LogP contribution < -0.4 is 10.5 Å². The summed E-state index contributed by atoms with van der Waals surface area (Å²) in [4.78, 5) is 24.6. The standard InChI is InChI=1S/C20H16N2O4/c1-11-8-19(23)26-20-15(11)7-2-12-9-17-18(10-16(12)20)21(17)13-3-5-14(6-4-13)22(24)25/h2-8,17-18H,9-10H2,1H3/t17-,18+,21?/m1/s1. The van der Waals surface area contributed by atoms with E-state index in [1.807, 2.05) is 25.1 Å². The molecule has 0 radical (unpaired) electrons. The van der Waals surface area contributed by atoms with Gasteiger partial charge in [-0.1, -0.05) is 12.1 Å². The fourth-order valence-electron chi connectivity index (χ4n) is 4.26. The van der Waals surface area contributed by atoms with Gasteiger partial charge in [-0.15, -0.1) is 0 Å². The lowest BCUT2D eigenvalue weighted by atomic mass is 9.89. The van der Waals surface area contributed by atoms with Crippen LogP contribution in [-0.2, 0) is 12.8 Å². The third kappa shape index (κ3) is 2.15. The first-order chi connectivity index (χ1) is 12.5. The van der Waals surface area contributed by atoms with E-state index in [-0.39, 0.29) is 16.2 Å². The number of non-ortho nitro benzene ring substituents is 1. The van der Waals surface area contributed by atoms with Crippen molar-refractivity contribution in [1.82, 2.24) is 0 Å². The van der Waals surface area contributed by atoms with Gasteiger partial charge in [-0.3, -0.25) is 10.1 Å². The van der Waals surface area contributed by atoms with E-state index in [1.54, 1.807) is 12.1 Å². The molecule has 5 rings (SSSR count). The van der Waals surface area contributed by atoms with Crippen molar-refractivity contribution in [2.75, 3.05) is 4.90 Å². The number of hydrogen-bond donors (Lipinski definition) is 0. The number of nitro groups is 1. The number of aryl methyl sites for hydroxylation is 1. The largest absolute Gasteiger partial charge is 0.422 e. The van der Waals surface area contributed by atoms with Crippen LogP contribution in [0.15, 0.2) is 51.7 Å². The Morgan fingerprint density at radius 2 is 1.85 bits per heavy atom. The fourth-order valence-corrected chi connectivity index (χ4v) is 4.26. The van der Waals surface area contributed by atoms with Crippen LogP contribution in [0.5, 0.6) is 0 Å². The molecule has 26 heavy (non-hydrogen) atoms. The van der Waals surface area contributed by atoms with Crippen molar-refractivity contribution in [3.63, 3.8) is 0 Å². The Morgan fingerprint density at radius 1 is 1.12 bits per heavy atom. The minimum Gasteiger partial charge on any atom is -0.422 e. The average Bonchev–Trinajstić information content (AvgIpc) is 3.32. The zero-order valence-electron chi connectivity index (χ0n) is 14.1. The van der Waals surface area contributed by atoms with Gasteiger partial charge in [0.15, 0.2) is 0 Å². The van der Waals surface area contributed by atoms with Gasteiger partial charge in [-0.25, -0.2) is 4.79 Å². The Balaban J connectivity index is 1.51. The maximum absolute atomic E-state index is 11.8. The van der Waals surface area contributed by atoms with Gasteiger partial charge in [-0.2, -0.15) is 0 Å². The highest BCUT2D eigenvalue weighted by atomic mass is 16.6. The van der Waals surface area contributed by atoms with Crippen LogP contribution in [0, 0.1) is 17.0 Å². The van der Waals surface area contributed by atoms with Gasteiger partial charge in [-0.05, 0) is 43.0 Å². The third-order valence-electron chi connectivity index (χ3n) is 5.59. The van der Waals surface area contributed by atoms with Gasteiger partial charge in [0.05, 0.1) is 17.0 Å². The van der Waals surface area contributed by atoms with Gasteiger partial charge in [0, 0.05) is 34.8 Å². The molecule has 1 fully saturated rings. The Morgan fingerprint density at radius 3 is 2.58 bits per heavy atom. The molecule has 0 unspecified atom stereocenters. The molecule has 0 amide bonds. The summed E-state index contributed by atoms with van der Waals surface area (Å²) in [6.07, 6.45) is 1.71. The molecule has 1 aliphatic carbocycles.